The van der Waals surface area contributed by atoms with Crippen molar-refractivity contribution >= 4 is 15.9 Å². The third-order valence-electron chi connectivity index (χ3n) is 3.62. The first kappa shape index (κ1) is 13.5. The largest absolute Gasteiger partial charge is 0.492 e. The summed E-state index contributed by atoms with van der Waals surface area (Å²) < 4.78 is 5.68. The average molecular weight is 317 g/mol. The van der Waals surface area contributed by atoms with Crippen LogP contribution >= 0.6 is 15.9 Å². The topological polar surface area (TPSA) is 75.2 Å². The van der Waals surface area contributed by atoms with Crippen molar-refractivity contribution in [2.75, 3.05) is 7.11 Å². The zero-order chi connectivity index (χ0) is 13.3. The Labute approximate surface area is 114 Å². The molecule has 1 saturated carbocycles. The fourth-order valence-corrected chi connectivity index (χ4v) is 2.85. The Morgan fingerprint density at radius 1 is 1.61 bits per heavy atom. The zero-order valence-electron chi connectivity index (χ0n) is 10.5. The highest BCUT2D eigenvalue weighted by Crippen LogP contribution is 2.41. The number of hydrogen-bond acceptors (Lipinski definition) is 4. The van der Waals surface area contributed by atoms with Gasteiger partial charge in [-0.25, -0.2) is 0 Å². The number of methoxy groups -OCH3 is 1. The monoisotopic (exact) mass is 316 g/mol. The molecule has 0 spiro atoms. The molecule has 0 bridgehead atoms. The lowest BCUT2D eigenvalue weighted by Gasteiger charge is -2.37. The first-order chi connectivity index (χ1) is 8.48. The number of hydrogen-bond donors (Lipinski definition) is 2. The number of nitrogens with one attached hydrogen (secondary N) is 1. The summed E-state index contributed by atoms with van der Waals surface area (Å²) in [6, 6.07) is 0. The van der Waals surface area contributed by atoms with Gasteiger partial charge in [0, 0.05) is 7.11 Å². The molecule has 2 atom stereocenters. The average Bonchev–Trinajstić information content (AvgIpc) is 2.35. The molecule has 0 radical (unpaired) electrons. The van der Waals surface area contributed by atoms with Crippen LogP contribution in [0.3, 0.4) is 0 Å². The van der Waals surface area contributed by atoms with E-state index in [4.69, 9.17) is 4.74 Å². The van der Waals surface area contributed by atoms with Crippen molar-refractivity contribution in [3.63, 3.8) is 0 Å². The fraction of sp³-hybridized carbons (Fsp3) is 0.667. The Morgan fingerprint density at radius 3 is 2.89 bits per heavy atom. The summed E-state index contributed by atoms with van der Waals surface area (Å²) in [5.41, 5.74) is -0.971. The molecule has 5 nitrogen and oxygen atoms in total. The van der Waals surface area contributed by atoms with Crippen LogP contribution in [0.1, 0.15) is 38.4 Å². The van der Waals surface area contributed by atoms with Crippen LogP contribution in [0.4, 0.5) is 0 Å². The minimum absolute atomic E-state index is 0.0568. The smallest absolute Gasteiger partial charge is 0.269 e. The van der Waals surface area contributed by atoms with Crippen molar-refractivity contribution in [2.24, 2.45) is 5.92 Å². The fourth-order valence-electron chi connectivity index (χ4n) is 2.66. The van der Waals surface area contributed by atoms with E-state index in [0.717, 1.165) is 25.7 Å². The molecule has 1 heterocycles. The molecular weight excluding hydrogens is 300 g/mol. The maximum atomic E-state index is 11.7. The Morgan fingerprint density at radius 2 is 2.33 bits per heavy atom. The minimum Gasteiger partial charge on any atom is -0.492 e. The zero-order valence-corrected chi connectivity index (χ0v) is 12.1. The van der Waals surface area contributed by atoms with Crippen LogP contribution < -0.4 is 5.56 Å². The van der Waals surface area contributed by atoms with Gasteiger partial charge in [0.25, 0.3) is 5.56 Å². The SMILES string of the molecule is COC1(c2nc(O)c(Br)c(=O)[nH]2)CCCC(C)C1. The summed E-state index contributed by atoms with van der Waals surface area (Å²) in [6.07, 6.45) is 3.78. The summed E-state index contributed by atoms with van der Waals surface area (Å²) in [5.74, 6) is 0.639. The van der Waals surface area contributed by atoms with Crippen LogP contribution in [0.25, 0.3) is 0 Å². The molecular formula is C12H17BrN2O3. The Kier molecular flexibility index (Phi) is 3.77. The second-order valence-electron chi connectivity index (χ2n) is 4.95. The molecule has 1 fully saturated rings. The lowest BCUT2D eigenvalue weighted by atomic mass is 9.78. The van der Waals surface area contributed by atoms with Gasteiger partial charge in [-0.3, -0.25) is 4.79 Å². The van der Waals surface area contributed by atoms with Crippen LogP contribution in [0, 0.1) is 5.92 Å². The van der Waals surface area contributed by atoms with Crippen molar-refractivity contribution in [3.05, 3.63) is 20.7 Å². The van der Waals surface area contributed by atoms with Gasteiger partial charge in [-0.2, -0.15) is 4.98 Å². The number of aromatic hydroxyl groups is 1. The third kappa shape index (κ3) is 2.31. The number of rotatable bonds is 2. The minimum atomic E-state index is -0.588. The van der Waals surface area contributed by atoms with Gasteiger partial charge in [-0.1, -0.05) is 13.3 Å². The van der Waals surface area contributed by atoms with Crippen molar-refractivity contribution < 1.29 is 9.84 Å². The number of nitrogens with zero attached hydrogens (tertiary/aromatic N) is 1. The van der Waals surface area contributed by atoms with Gasteiger partial charge in [-0.15, -0.1) is 0 Å². The van der Waals surface area contributed by atoms with E-state index in [0.29, 0.717) is 11.7 Å². The van der Waals surface area contributed by atoms with Gasteiger partial charge in [0.05, 0.1) is 0 Å². The van der Waals surface area contributed by atoms with E-state index < -0.39 is 5.60 Å². The molecule has 1 aromatic heterocycles. The second kappa shape index (κ2) is 5.01. The molecule has 0 saturated heterocycles. The van der Waals surface area contributed by atoms with E-state index in [2.05, 4.69) is 32.8 Å². The van der Waals surface area contributed by atoms with E-state index in [1.54, 1.807) is 7.11 Å². The summed E-state index contributed by atoms with van der Waals surface area (Å²) in [6.45, 7) is 2.16. The molecule has 2 rings (SSSR count). The van der Waals surface area contributed by atoms with Crippen LogP contribution in [0.5, 0.6) is 5.88 Å². The van der Waals surface area contributed by atoms with Gasteiger partial charge < -0.3 is 14.8 Å². The first-order valence-electron chi connectivity index (χ1n) is 6.03. The number of H-pyrrole nitrogens is 1. The second-order valence-corrected chi connectivity index (χ2v) is 5.75. The van der Waals surface area contributed by atoms with Crippen LogP contribution in [0.2, 0.25) is 0 Å². The molecule has 100 valence electrons. The van der Waals surface area contributed by atoms with Gasteiger partial charge in [0.1, 0.15) is 15.9 Å². The molecule has 6 heteroatoms. The third-order valence-corrected chi connectivity index (χ3v) is 4.34. The molecule has 2 N–H and O–H groups in total. The lowest BCUT2D eigenvalue weighted by molar-refractivity contribution is -0.0651. The predicted molar refractivity (Wildman–Crippen MR) is 70.5 cm³/mol. The number of aromatic nitrogens is 2. The maximum absolute atomic E-state index is 11.7. The molecule has 0 amide bonds. The predicted octanol–water partition coefficient (Wildman–Crippen LogP) is 2.29. The van der Waals surface area contributed by atoms with E-state index >= 15 is 0 Å². The highest BCUT2D eigenvalue weighted by Gasteiger charge is 2.39. The molecule has 18 heavy (non-hydrogen) atoms. The molecule has 1 aromatic rings. The Bertz CT molecular complexity index is 503. The molecule has 1 aliphatic carbocycles. The van der Waals surface area contributed by atoms with Gasteiger partial charge in [0.2, 0.25) is 5.88 Å². The number of halogens is 1. The number of ether oxygens (including phenoxy) is 1. The number of aromatic amines is 1. The van der Waals surface area contributed by atoms with E-state index in [1.165, 1.54) is 0 Å². The quantitative estimate of drug-likeness (QED) is 0.877. The van der Waals surface area contributed by atoms with Crippen LogP contribution in [-0.4, -0.2) is 22.2 Å². The van der Waals surface area contributed by atoms with E-state index in [-0.39, 0.29) is 15.9 Å². The first-order valence-corrected chi connectivity index (χ1v) is 6.82. The maximum Gasteiger partial charge on any atom is 0.269 e. The summed E-state index contributed by atoms with van der Waals surface area (Å²) in [7, 11) is 1.62. The van der Waals surface area contributed by atoms with Crippen molar-refractivity contribution in [3.8, 4) is 5.88 Å². The van der Waals surface area contributed by atoms with E-state index in [9.17, 15) is 9.90 Å². The molecule has 1 aliphatic rings. The summed E-state index contributed by atoms with van der Waals surface area (Å²) >= 11 is 2.99. The van der Waals surface area contributed by atoms with Gasteiger partial charge >= 0.3 is 0 Å². The van der Waals surface area contributed by atoms with Crippen molar-refractivity contribution in [2.45, 2.75) is 38.2 Å². The van der Waals surface area contributed by atoms with Crippen LogP contribution in [-0.2, 0) is 10.3 Å². The molecule has 2 unspecified atom stereocenters. The normalized spacial score (nSPS) is 28.3. The molecule has 0 aromatic carbocycles. The van der Waals surface area contributed by atoms with Crippen molar-refractivity contribution in [1.82, 2.24) is 9.97 Å². The van der Waals surface area contributed by atoms with Gasteiger partial charge in [0.15, 0.2) is 0 Å². The lowest BCUT2D eigenvalue weighted by Crippen LogP contribution is -2.37. The molecule has 0 aliphatic heterocycles. The summed E-state index contributed by atoms with van der Waals surface area (Å²) in [5, 5.41) is 9.65. The van der Waals surface area contributed by atoms with E-state index in [1.807, 2.05) is 0 Å². The highest BCUT2D eigenvalue weighted by molar-refractivity contribution is 9.10. The van der Waals surface area contributed by atoms with Gasteiger partial charge in [-0.05, 0) is 41.1 Å². The summed E-state index contributed by atoms with van der Waals surface area (Å²) in [4.78, 5) is 18.4. The Hall–Kier alpha value is -0.880. The highest BCUT2D eigenvalue weighted by atomic mass is 79.9. The van der Waals surface area contributed by atoms with Crippen LogP contribution in [0.15, 0.2) is 9.27 Å². The standard InChI is InChI=1S/C12H17BrN2O3/c1-7-4-3-5-12(6-7,18-2)11-14-9(16)8(13)10(17)15-11/h7H,3-6H2,1-2H3,(H2,14,15,16,17). The van der Waals surface area contributed by atoms with Crippen molar-refractivity contribution in [1.29, 1.82) is 0 Å². The Balaban J connectivity index is 2.47.